The maximum atomic E-state index is 5.22. The zero-order valence-corrected chi connectivity index (χ0v) is 15.1. The summed E-state index contributed by atoms with van der Waals surface area (Å²) in [4.78, 5) is 2.47. The average molecular weight is 315 g/mol. The molecule has 1 unspecified atom stereocenters. The van der Waals surface area contributed by atoms with E-state index in [1.165, 1.54) is 33.3 Å². The molecule has 1 aromatic carbocycles. The molecule has 0 amide bonds. The van der Waals surface area contributed by atoms with Crippen LogP contribution in [0.1, 0.15) is 29.3 Å². The summed E-state index contributed by atoms with van der Waals surface area (Å²) < 4.78 is 7.57. The molecule has 0 spiro atoms. The molecule has 1 atom stereocenters. The van der Waals surface area contributed by atoms with Crippen LogP contribution in [0.3, 0.4) is 0 Å². The van der Waals surface area contributed by atoms with Crippen LogP contribution in [0.25, 0.3) is 10.9 Å². The topological polar surface area (TPSA) is 29.4 Å². The molecule has 0 bridgehead atoms. The molecule has 2 heterocycles. The summed E-state index contributed by atoms with van der Waals surface area (Å²) in [7, 11) is 6.00. The van der Waals surface area contributed by atoms with Crippen molar-refractivity contribution >= 4 is 10.9 Å². The van der Waals surface area contributed by atoms with Gasteiger partial charge in [-0.25, -0.2) is 0 Å². The van der Waals surface area contributed by atoms with Crippen LogP contribution in [0, 0.1) is 6.92 Å². The van der Waals surface area contributed by atoms with Crippen molar-refractivity contribution in [2.24, 2.45) is 7.05 Å². The van der Waals surface area contributed by atoms with Gasteiger partial charge in [0.15, 0.2) is 0 Å². The first-order valence-corrected chi connectivity index (χ1v) is 8.53. The van der Waals surface area contributed by atoms with E-state index in [4.69, 9.17) is 4.74 Å². The maximum Gasteiger partial charge on any atom is 0.0589 e. The Hall–Kier alpha value is -1.36. The van der Waals surface area contributed by atoms with Crippen LogP contribution in [0.2, 0.25) is 0 Å². The molecule has 0 aliphatic carbocycles. The summed E-state index contributed by atoms with van der Waals surface area (Å²) >= 11 is 0. The van der Waals surface area contributed by atoms with Gasteiger partial charge in [0, 0.05) is 56.4 Å². The monoisotopic (exact) mass is 315 g/mol. The Balaban J connectivity index is 1.97. The first kappa shape index (κ1) is 16.5. The lowest BCUT2D eigenvalue weighted by atomic mass is 10.0. The molecule has 4 heteroatoms. The summed E-state index contributed by atoms with van der Waals surface area (Å²) in [5.74, 6) is 0. The number of methoxy groups -OCH3 is 1. The van der Waals surface area contributed by atoms with E-state index in [0.717, 1.165) is 32.7 Å². The molecule has 126 valence electrons. The largest absolute Gasteiger partial charge is 0.383 e. The van der Waals surface area contributed by atoms with E-state index in [9.17, 15) is 0 Å². The predicted molar refractivity (Wildman–Crippen MR) is 95.9 cm³/mol. The highest BCUT2D eigenvalue weighted by molar-refractivity contribution is 5.87. The number of aryl methyl sites for hydroxylation is 1. The van der Waals surface area contributed by atoms with Crippen LogP contribution >= 0.6 is 0 Å². The number of hydrogen-bond donors (Lipinski definition) is 1. The van der Waals surface area contributed by atoms with E-state index in [1.54, 1.807) is 7.11 Å². The fourth-order valence-corrected chi connectivity index (χ4v) is 3.65. The number of rotatable bonds is 6. The fraction of sp³-hybridized carbons (Fsp3) is 0.579. The second kappa shape index (κ2) is 6.63. The smallest absolute Gasteiger partial charge is 0.0589 e. The third-order valence-electron chi connectivity index (χ3n) is 5.35. The number of likely N-dealkylation sites (N-methyl/N-ethyl adjacent to an activating group) is 1. The maximum absolute atomic E-state index is 5.22. The Kier molecular flexibility index (Phi) is 4.76. The highest BCUT2D eigenvalue weighted by Gasteiger charge is 2.22. The second-order valence-electron chi connectivity index (χ2n) is 6.86. The van der Waals surface area contributed by atoms with Crippen LogP contribution in [0.5, 0.6) is 0 Å². The van der Waals surface area contributed by atoms with Gasteiger partial charge in [0.1, 0.15) is 0 Å². The highest BCUT2D eigenvalue weighted by Crippen LogP contribution is 2.32. The van der Waals surface area contributed by atoms with Gasteiger partial charge in [-0.15, -0.1) is 0 Å². The van der Waals surface area contributed by atoms with Crippen molar-refractivity contribution in [1.29, 1.82) is 0 Å². The van der Waals surface area contributed by atoms with Gasteiger partial charge in [0.2, 0.25) is 0 Å². The molecule has 23 heavy (non-hydrogen) atoms. The van der Waals surface area contributed by atoms with E-state index < -0.39 is 0 Å². The zero-order valence-electron chi connectivity index (χ0n) is 15.1. The van der Waals surface area contributed by atoms with Crippen molar-refractivity contribution in [2.75, 3.05) is 27.3 Å². The van der Waals surface area contributed by atoms with E-state index in [-0.39, 0.29) is 0 Å². The quantitative estimate of drug-likeness (QED) is 0.888. The zero-order chi connectivity index (χ0) is 16.6. The molecular formula is C19H29N3O. The molecule has 1 aliphatic heterocycles. The number of nitrogens with zero attached hydrogens (tertiary/aromatic N) is 2. The fourth-order valence-electron chi connectivity index (χ4n) is 3.65. The molecule has 0 saturated heterocycles. The van der Waals surface area contributed by atoms with Crippen LogP contribution in [-0.2, 0) is 31.3 Å². The molecule has 4 nitrogen and oxygen atoms in total. The summed E-state index contributed by atoms with van der Waals surface area (Å²) in [6.45, 7) is 8.39. The Morgan fingerprint density at radius 3 is 2.61 bits per heavy atom. The third kappa shape index (κ3) is 3.03. The van der Waals surface area contributed by atoms with Crippen molar-refractivity contribution in [3.63, 3.8) is 0 Å². The van der Waals surface area contributed by atoms with Crippen molar-refractivity contribution in [2.45, 2.75) is 39.4 Å². The van der Waals surface area contributed by atoms with Crippen LogP contribution < -0.4 is 5.32 Å². The minimum absolute atomic E-state index is 0.491. The van der Waals surface area contributed by atoms with Crippen LogP contribution in [0.4, 0.5) is 0 Å². The molecule has 1 N–H and O–H groups in total. The Morgan fingerprint density at radius 2 is 1.96 bits per heavy atom. The number of hydrogen-bond acceptors (Lipinski definition) is 3. The molecule has 1 aromatic heterocycles. The molecule has 0 radical (unpaired) electrons. The highest BCUT2D eigenvalue weighted by atomic mass is 16.5. The van der Waals surface area contributed by atoms with E-state index in [1.807, 2.05) is 7.05 Å². The lowest BCUT2D eigenvalue weighted by molar-refractivity contribution is 0.147. The predicted octanol–water partition coefficient (Wildman–Crippen LogP) is 2.60. The number of nitrogens with one attached hydrogen (secondary N) is 1. The van der Waals surface area contributed by atoms with Gasteiger partial charge in [-0.3, -0.25) is 4.90 Å². The van der Waals surface area contributed by atoms with Crippen LogP contribution in [-0.4, -0.2) is 42.8 Å². The van der Waals surface area contributed by atoms with Crippen molar-refractivity contribution < 1.29 is 4.74 Å². The minimum atomic E-state index is 0.491. The average Bonchev–Trinajstić information content (AvgIpc) is 3.05. The first-order chi connectivity index (χ1) is 11.0. The van der Waals surface area contributed by atoms with Gasteiger partial charge in [-0.05, 0) is 56.1 Å². The first-order valence-electron chi connectivity index (χ1n) is 8.53. The summed E-state index contributed by atoms with van der Waals surface area (Å²) in [6.07, 6.45) is 1.08. The minimum Gasteiger partial charge on any atom is -0.383 e. The summed E-state index contributed by atoms with van der Waals surface area (Å²) in [5, 5.41) is 4.80. The van der Waals surface area contributed by atoms with E-state index in [0.29, 0.717) is 6.04 Å². The number of aromatic nitrogens is 1. The summed E-state index contributed by atoms with van der Waals surface area (Å²) in [6, 6.07) is 5.32. The standard InChI is InChI=1S/C19H29N3O/c1-13(20-3)8-17-14(2)21(4)19-10-16-12-22(6-7-23-5)11-15(16)9-18(17)19/h9-10,13,20H,6-8,11-12H2,1-5H3. The van der Waals surface area contributed by atoms with Gasteiger partial charge in [0.25, 0.3) is 0 Å². The number of fused-ring (bicyclic) bond motifs is 2. The number of ether oxygens (including phenoxy) is 1. The lowest BCUT2D eigenvalue weighted by Gasteiger charge is -2.13. The van der Waals surface area contributed by atoms with E-state index in [2.05, 4.69) is 47.8 Å². The molecule has 1 aliphatic rings. The van der Waals surface area contributed by atoms with Gasteiger partial charge < -0.3 is 14.6 Å². The van der Waals surface area contributed by atoms with Crippen molar-refractivity contribution in [1.82, 2.24) is 14.8 Å². The second-order valence-corrected chi connectivity index (χ2v) is 6.86. The SMILES string of the molecule is CNC(C)Cc1c(C)n(C)c2cc3c(cc12)CN(CCOC)C3. The lowest BCUT2D eigenvalue weighted by Crippen LogP contribution is -2.23. The molecular weight excluding hydrogens is 286 g/mol. The Labute approximate surface area is 139 Å². The summed E-state index contributed by atoms with van der Waals surface area (Å²) in [5.41, 5.74) is 7.21. The molecule has 0 saturated carbocycles. The van der Waals surface area contributed by atoms with Gasteiger partial charge in [-0.1, -0.05) is 0 Å². The Bertz CT molecular complexity index is 704. The van der Waals surface area contributed by atoms with Gasteiger partial charge >= 0.3 is 0 Å². The van der Waals surface area contributed by atoms with Gasteiger partial charge in [-0.2, -0.15) is 0 Å². The molecule has 2 aromatic rings. The third-order valence-corrected chi connectivity index (χ3v) is 5.35. The Morgan fingerprint density at radius 1 is 1.26 bits per heavy atom. The van der Waals surface area contributed by atoms with Crippen molar-refractivity contribution in [3.8, 4) is 0 Å². The molecule has 0 fully saturated rings. The van der Waals surface area contributed by atoms with Gasteiger partial charge in [0.05, 0.1) is 6.61 Å². The molecule has 3 rings (SSSR count). The van der Waals surface area contributed by atoms with E-state index >= 15 is 0 Å². The normalized spacial score (nSPS) is 16.2. The van der Waals surface area contributed by atoms with Crippen molar-refractivity contribution in [3.05, 3.63) is 34.5 Å². The number of benzene rings is 1. The van der Waals surface area contributed by atoms with Crippen LogP contribution in [0.15, 0.2) is 12.1 Å².